The summed E-state index contributed by atoms with van der Waals surface area (Å²) in [5.74, 6) is 0.672. The number of nitrogens with zero attached hydrogens (tertiary/aromatic N) is 2. The van der Waals surface area contributed by atoms with E-state index in [0.717, 1.165) is 16.3 Å². The highest BCUT2D eigenvalue weighted by Crippen LogP contribution is 2.15. The molecule has 0 saturated heterocycles. The van der Waals surface area contributed by atoms with Crippen LogP contribution in [0.15, 0.2) is 60.0 Å². The number of nitro groups is 1. The van der Waals surface area contributed by atoms with Crippen molar-refractivity contribution in [1.82, 2.24) is 10.3 Å². The lowest BCUT2D eigenvalue weighted by molar-refractivity contribution is -0.384. The van der Waals surface area contributed by atoms with Crippen LogP contribution in [0.5, 0.6) is 5.75 Å². The molecule has 1 N–H and O–H groups in total. The van der Waals surface area contributed by atoms with Gasteiger partial charge in [0.15, 0.2) is 0 Å². The van der Waals surface area contributed by atoms with Gasteiger partial charge in [-0.2, -0.15) is 0 Å². The summed E-state index contributed by atoms with van der Waals surface area (Å²) in [6.07, 6.45) is 0.819. The Morgan fingerprint density at radius 3 is 2.61 bits per heavy atom. The number of nitro benzene ring substituents is 1. The van der Waals surface area contributed by atoms with Gasteiger partial charge in [0.25, 0.3) is 5.69 Å². The van der Waals surface area contributed by atoms with E-state index < -0.39 is 4.92 Å². The normalized spacial score (nSPS) is 10.4. The summed E-state index contributed by atoms with van der Waals surface area (Å²) in [6, 6.07) is 15.8. The molecule has 0 bridgehead atoms. The van der Waals surface area contributed by atoms with Crippen molar-refractivity contribution in [3.05, 3.63) is 86.4 Å². The first-order valence-electron chi connectivity index (χ1n) is 8.71. The SMILES string of the molecule is O=C(Cc1csc(COc2ccccc2)n1)NCCc1ccc([N+](=O)[O-])cc1. The van der Waals surface area contributed by atoms with Crippen molar-refractivity contribution in [2.75, 3.05) is 6.54 Å². The highest BCUT2D eigenvalue weighted by molar-refractivity contribution is 7.09. The lowest BCUT2D eigenvalue weighted by Crippen LogP contribution is -2.27. The third kappa shape index (κ3) is 5.88. The van der Waals surface area contributed by atoms with Crippen LogP contribution in [0.1, 0.15) is 16.3 Å². The number of ether oxygens (including phenoxy) is 1. The number of rotatable bonds is 9. The Kier molecular flexibility index (Phi) is 6.69. The van der Waals surface area contributed by atoms with Crippen molar-refractivity contribution in [2.24, 2.45) is 0 Å². The molecule has 7 nitrogen and oxygen atoms in total. The van der Waals surface area contributed by atoms with Gasteiger partial charge in [-0.3, -0.25) is 14.9 Å². The van der Waals surface area contributed by atoms with Crippen LogP contribution in [0.25, 0.3) is 0 Å². The molecule has 2 aromatic carbocycles. The average molecular weight is 397 g/mol. The number of hydrogen-bond acceptors (Lipinski definition) is 6. The second-order valence-electron chi connectivity index (χ2n) is 6.03. The van der Waals surface area contributed by atoms with Gasteiger partial charge < -0.3 is 10.1 Å². The summed E-state index contributed by atoms with van der Waals surface area (Å²) in [5.41, 5.74) is 1.70. The van der Waals surface area contributed by atoms with Gasteiger partial charge in [0, 0.05) is 24.1 Å². The summed E-state index contributed by atoms with van der Waals surface area (Å²) in [4.78, 5) is 26.7. The molecule has 0 unspecified atom stereocenters. The predicted molar refractivity (Wildman–Crippen MR) is 106 cm³/mol. The number of non-ortho nitro benzene ring substituents is 1. The summed E-state index contributed by atoms with van der Waals surface area (Å²) >= 11 is 1.46. The van der Waals surface area contributed by atoms with E-state index in [1.54, 1.807) is 12.1 Å². The summed E-state index contributed by atoms with van der Waals surface area (Å²) < 4.78 is 5.65. The van der Waals surface area contributed by atoms with Gasteiger partial charge in [0.05, 0.1) is 17.0 Å². The van der Waals surface area contributed by atoms with Crippen LogP contribution in [-0.4, -0.2) is 22.4 Å². The van der Waals surface area contributed by atoms with E-state index in [2.05, 4.69) is 10.3 Å². The van der Waals surface area contributed by atoms with Crippen LogP contribution in [0.3, 0.4) is 0 Å². The fraction of sp³-hybridized carbons (Fsp3) is 0.200. The van der Waals surface area contributed by atoms with Gasteiger partial charge >= 0.3 is 0 Å². The Morgan fingerprint density at radius 2 is 1.89 bits per heavy atom. The molecule has 0 atom stereocenters. The Morgan fingerprint density at radius 1 is 1.14 bits per heavy atom. The van der Waals surface area contributed by atoms with E-state index >= 15 is 0 Å². The maximum absolute atomic E-state index is 12.1. The lowest BCUT2D eigenvalue weighted by Gasteiger charge is -2.04. The Bertz CT molecular complexity index is 926. The van der Waals surface area contributed by atoms with Crippen LogP contribution in [-0.2, 0) is 24.2 Å². The number of para-hydroxylation sites is 1. The van der Waals surface area contributed by atoms with E-state index in [0.29, 0.717) is 25.3 Å². The third-order valence-corrected chi connectivity index (χ3v) is 4.80. The largest absolute Gasteiger partial charge is 0.486 e. The standard InChI is InChI=1S/C20H19N3O4S/c24-19(21-11-10-15-6-8-17(9-7-15)23(25)26)12-16-14-28-20(22-16)13-27-18-4-2-1-3-5-18/h1-9,14H,10-13H2,(H,21,24). The predicted octanol–water partition coefficient (Wildman–Crippen LogP) is 3.53. The van der Waals surface area contributed by atoms with Crippen molar-refractivity contribution in [2.45, 2.75) is 19.4 Å². The van der Waals surface area contributed by atoms with Crippen LogP contribution in [0, 0.1) is 10.1 Å². The molecule has 8 heteroatoms. The molecule has 0 saturated carbocycles. The van der Waals surface area contributed by atoms with Gasteiger partial charge in [-0.05, 0) is 24.1 Å². The maximum atomic E-state index is 12.1. The fourth-order valence-electron chi connectivity index (χ4n) is 2.52. The molecule has 0 spiro atoms. The van der Waals surface area contributed by atoms with Crippen LogP contribution in [0.2, 0.25) is 0 Å². The highest BCUT2D eigenvalue weighted by Gasteiger charge is 2.09. The first-order chi connectivity index (χ1) is 13.6. The minimum Gasteiger partial charge on any atom is -0.486 e. The number of amides is 1. The molecule has 0 aliphatic heterocycles. The molecule has 0 radical (unpaired) electrons. The van der Waals surface area contributed by atoms with Crippen molar-refractivity contribution in [1.29, 1.82) is 0 Å². The minimum absolute atomic E-state index is 0.0587. The average Bonchev–Trinajstić information content (AvgIpc) is 3.15. The van der Waals surface area contributed by atoms with E-state index in [9.17, 15) is 14.9 Å². The van der Waals surface area contributed by atoms with E-state index in [1.165, 1.54) is 23.5 Å². The van der Waals surface area contributed by atoms with Crippen LogP contribution >= 0.6 is 11.3 Å². The third-order valence-electron chi connectivity index (χ3n) is 3.93. The molecule has 0 fully saturated rings. The quantitative estimate of drug-likeness (QED) is 0.440. The zero-order valence-corrected chi connectivity index (χ0v) is 15.9. The molecule has 3 aromatic rings. The minimum atomic E-state index is -0.432. The maximum Gasteiger partial charge on any atom is 0.269 e. The number of benzene rings is 2. The molecule has 1 heterocycles. The highest BCUT2D eigenvalue weighted by atomic mass is 32.1. The molecule has 0 aliphatic rings. The van der Waals surface area contributed by atoms with Gasteiger partial charge in [-0.1, -0.05) is 30.3 Å². The van der Waals surface area contributed by atoms with Gasteiger partial charge in [-0.25, -0.2) is 4.98 Å². The summed E-state index contributed by atoms with van der Waals surface area (Å²) in [7, 11) is 0. The lowest BCUT2D eigenvalue weighted by atomic mass is 10.1. The molecule has 28 heavy (non-hydrogen) atoms. The second-order valence-corrected chi connectivity index (χ2v) is 6.98. The monoisotopic (exact) mass is 397 g/mol. The molecule has 0 aliphatic carbocycles. The number of aromatic nitrogens is 1. The molecule has 1 amide bonds. The fourth-order valence-corrected chi connectivity index (χ4v) is 3.22. The van der Waals surface area contributed by atoms with Crippen molar-refractivity contribution in [3.63, 3.8) is 0 Å². The Labute approximate surface area is 166 Å². The molecule has 144 valence electrons. The first kappa shape index (κ1) is 19.5. The van der Waals surface area contributed by atoms with Crippen LogP contribution < -0.4 is 10.1 Å². The molecular weight excluding hydrogens is 378 g/mol. The van der Waals surface area contributed by atoms with E-state index in [1.807, 2.05) is 35.7 Å². The Hall–Kier alpha value is -3.26. The summed E-state index contributed by atoms with van der Waals surface area (Å²) in [5, 5.41) is 16.2. The Balaban J connectivity index is 1.40. The topological polar surface area (TPSA) is 94.4 Å². The first-order valence-corrected chi connectivity index (χ1v) is 9.59. The van der Waals surface area contributed by atoms with Gasteiger partial charge in [0.1, 0.15) is 17.4 Å². The second kappa shape index (κ2) is 9.61. The van der Waals surface area contributed by atoms with E-state index in [-0.39, 0.29) is 18.0 Å². The summed E-state index contributed by atoms with van der Waals surface area (Å²) in [6.45, 7) is 0.835. The number of thiazole rings is 1. The number of hydrogen-bond donors (Lipinski definition) is 1. The van der Waals surface area contributed by atoms with Crippen molar-refractivity contribution in [3.8, 4) is 5.75 Å². The van der Waals surface area contributed by atoms with Gasteiger partial charge in [0.2, 0.25) is 5.91 Å². The number of carbonyl (C=O) groups is 1. The number of carbonyl (C=O) groups excluding carboxylic acids is 1. The van der Waals surface area contributed by atoms with Crippen molar-refractivity contribution < 1.29 is 14.5 Å². The van der Waals surface area contributed by atoms with Crippen LogP contribution in [0.4, 0.5) is 5.69 Å². The smallest absolute Gasteiger partial charge is 0.269 e. The van der Waals surface area contributed by atoms with Gasteiger partial charge in [-0.15, -0.1) is 11.3 Å². The van der Waals surface area contributed by atoms with E-state index in [4.69, 9.17) is 4.74 Å². The molecule has 3 rings (SSSR count). The molecular formula is C20H19N3O4S. The molecule has 1 aromatic heterocycles. The zero-order chi connectivity index (χ0) is 19.8. The van der Waals surface area contributed by atoms with Crippen molar-refractivity contribution >= 4 is 22.9 Å². The zero-order valence-electron chi connectivity index (χ0n) is 15.0. The number of nitrogens with one attached hydrogen (secondary N) is 1.